The zero-order valence-electron chi connectivity index (χ0n) is 19.0. The minimum atomic E-state index is -3.65. The van der Waals surface area contributed by atoms with Gasteiger partial charge >= 0.3 is 0 Å². The highest BCUT2D eigenvalue weighted by Crippen LogP contribution is 2.26. The van der Waals surface area contributed by atoms with E-state index in [1.165, 1.54) is 28.2 Å². The fourth-order valence-electron chi connectivity index (χ4n) is 3.48. The van der Waals surface area contributed by atoms with Crippen LogP contribution in [0.4, 0.5) is 5.69 Å². The van der Waals surface area contributed by atoms with Crippen molar-refractivity contribution in [3.05, 3.63) is 66.4 Å². The maximum atomic E-state index is 12.9. The average Bonchev–Trinajstić information content (AvgIpc) is 2.85. The van der Waals surface area contributed by atoms with Crippen molar-refractivity contribution in [3.63, 3.8) is 0 Å². The van der Waals surface area contributed by atoms with Crippen LogP contribution in [0.15, 0.2) is 70.7 Å². The van der Waals surface area contributed by atoms with Crippen LogP contribution in [-0.4, -0.2) is 60.2 Å². The number of nitrogens with zero attached hydrogens (tertiary/aromatic N) is 3. The number of thioether (sulfide) groups is 1. The lowest BCUT2D eigenvalue weighted by Gasteiger charge is -2.26. The van der Waals surface area contributed by atoms with Gasteiger partial charge in [0.25, 0.3) is 0 Å². The maximum Gasteiger partial charge on any atom is 0.243 e. The van der Waals surface area contributed by atoms with Crippen molar-refractivity contribution < 1.29 is 17.9 Å². The number of morpholine rings is 1. The van der Waals surface area contributed by atoms with Gasteiger partial charge < -0.3 is 10.1 Å². The van der Waals surface area contributed by atoms with Gasteiger partial charge in [0.2, 0.25) is 15.9 Å². The van der Waals surface area contributed by atoms with E-state index >= 15 is 0 Å². The number of amides is 1. The minimum absolute atomic E-state index is 0.141. The Morgan fingerprint density at radius 2 is 1.79 bits per heavy atom. The van der Waals surface area contributed by atoms with Crippen LogP contribution in [0.25, 0.3) is 11.3 Å². The number of rotatable bonds is 7. The predicted molar refractivity (Wildman–Crippen MR) is 132 cm³/mol. The van der Waals surface area contributed by atoms with Gasteiger partial charge in [0.1, 0.15) is 0 Å². The molecule has 1 aliphatic rings. The molecule has 0 spiro atoms. The molecule has 1 N–H and O–H groups in total. The second-order valence-electron chi connectivity index (χ2n) is 7.84. The van der Waals surface area contributed by atoms with Crippen LogP contribution in [0.2, 0.25) is 0 Å². The number of aromatic nitrogens is 2. The maximum absolute atomic E-state index is 12.9. The third-order valence-corrected chi connectivity index (χ3v) is 8.12. The normalized spacial score (nSPS) is 15.6. The molecule has 34 heavy (non-hydrogen) atoms. The first-order chi connectivity index (χ1) is 16.3. The number of hydrogen-bond acceptors (Lipinski definition) is 7. The van der Waals surface area contributed by atoms with Crippen LogP contribution in [0.1, 0.15) is 12.6 Å². The number of nitrogens with one attached hydrogen (secondary N) is 1. The molecule has 1 aromatic heterocycles. The lowest BCUT2D eigenvalue weighted by Crippen LogP contribution is -2.40. The van der Waals surface area contributed by atoms with Crippen molar-refractivity contribution in [2.75, 3.05) is 31.6 Å². The number of ether oxygens (including phenoxy) is 1. The van der Waals surface area contributed by atoms with E-state index in [0.717, 1.165) is 17.0 Å². The van der Waals surface area contributed by atoms with Crippen molar-refractivity contribution in [1.82, 2.24) is 14.3 Å². The summed E-state index contributed by atoms with van der Waals surface area (Å²) >= 11 is 1.25. The largest absolute Gasteiger partial charge is 0.379 e. The van der Waals surface area contributed by atoms with E-state index in [1.807, 2.05) is 43.3 Å². The molecule has 1 amide bonds. The zero-order chi connectivity index (χ0) is 24.1. The Morgan fingerprint density at radius 3 is 2.53 bits per heavy atom. The SMILES string of the molecule is Cc1cc(-c2ccccc2)nc(SC(C)C(=O)Nc2cccc(S(=O)(=O)N3CCOCC3)c2)n1. The molecule has 3 aromatic rings. The van der Waals surface area contributed by atoms with E-state index in [1.54, 1.807) is 19.1 Å². The van der Waals surface area contributed by atoms with Crippen LogP contribution in [0.5, 0.6) is 0 Å². The van der Waals surface area contributed by atoms with Crippen LogP contribution in [0.3, 0.4) is 0 Å². The summed E-state index contributed by atoms with van der Waals surface area (Å²) in [5, 5.41) is 2.82. The number of carbonyl (C=O) groups excluding carboxylic acids is 1. The fourth-order valence-corrected chi connectivity index (χ4v) is 5.76. The predicted octanol–water partition coefficient (Wildman–Crippen LogP) is 3.59. The van der Waals surface area contributed by atoms with E-state index in [0.29, 0.717) is 37.1 Å². The van der Waals surface area contributed by atoms with Crippen LogP contribution in [0, 0.1) is 6.92 Å². The summed E-state index contributed by atoms with van der Waals surface area (Å²) in [6.45, 7) is 5.03. The first-order valence-electron chi connectivity index (χ1n) is 10.9. The Morgan fingerprint density at radius 1 is 1.06 bits per heavy atom. The van der Waals surface area contributed by atoms with Gasteiger partial charge in [-0.05, 0) is 38.1 Å². The minimum Gasteiger partial charge on any atom is -0.379 e. The third-order valence-electron chi connectivity index (χ3n) is 5.26. The summed E-state index contributed by atoms with van der Waals surface area (Å²) in [5.74, 6) is -0.266. The molecule has 0 saturated carbocycles. The quantitative estimate of drug-likeness (QED) is 0.392. The van der Waals surface area contributed by atoms with E-state index in [-0.39, 0.29) is 10.8 Å². The van der Waals surface area contributed by atoms with Gasteiger partial charge in [-0.2, -0.15) is 4.31 Å². The number of sulfonamides is 1. The third kappa shape index (κ3) is 5.82. The molecule has 0 radical (unpaired) electrons. The first-order valence-corrected chi connectivity index (χ1v) is 13.2. The average molecular weight is 499 g/mol. The number of benzene rings is 2. The van der Waals surface area contributed by atoms with Gasteiger partial charge in [-0.25, -0.2) is 18.4 Å². The second-order valence-corrected chi connectivity index (χ2v) is 11.1. The van der Waals surface area contributed by atoms with Crippen LogP contribution >= 0.6 is 11.8 Å². The summed E-state index contributed by atoms with van der Waals surface area (Å²) < 4.78 is 32.5. The molecule has 2 aromatic carbocycles. The molecule has 10 heteroatoms. The van der Waals surface area contributed by atoms with Crippen molar-refractivity contribution in [2.24, 2.45) is 0 Å². The first kappa shape index (κ1) is 24.3. The van der Waals surface area contributed by atoms with Crippen molar-refractivity contribution in [2.45, 2.75) is 29.1 Å². The Labute approximate surface area is 203 Å². The summed E-state index contributed by atoms with van der Waals surface area (Å²) in [6.07, 6.45) is 0. The van der Waals surface area contributed by atoms with E-state index in [9.17, 15) is 13.2 Å². The smallest absolute Gasteiger partial charge is 0.243 e. The summed E-state index contributed by atoms with van der Waals surface area (Å²) in [7, 11) is -3.65. The Balaban J connectivity index is 1.45. The molecular formula is C24H26N4O4S2. The summed E-state index contributed by atoms with van der Waals surface area (Å²) in [6, 6.07) is 18.0. The Kier molecular flexibility index (Phi) is 7.62. The zero-order valence-corrected chi connectivity index (χ0v) is 20.6. The molecule has 1 saturated heterocycles. The molecule has 1 aliphatic heterocycles. The summed E-state index contributed by atoms with van der Waals surface area (Å²) in [4.78, 5) is 22.1. The number of anilines is 1. The van der Waals surface area contributed by atoms with Crippen LogP contribution in [-0.2, 0) is 19.6 Å². The summed E-state index contributed by atoms with van der Waals surface area (Å²) in [5.41, 5.74) is 3.00. The molecule has 0 aliphatic carbocycles. The van der Waals surface area contributed by atoms with Crippen molar-refractivity contribution >= 4 is 33.4 Å². The molecule has 1 atom stereocenters. The fraction of sp³-hybridized carbons (Fsp3) is 0.292. The molecule has 1 unspecified atom stereocenters. The standard InChI is InChI=1S/C24H26N4O4S2/c1-17-15-22(19-7-4-3-5-8-19)27-24(25-17)33-18(2)23(29)26-20-9-6-10-21(16-20)34(30,31)28-11-13-32-14-12-28/h3-10,15-16,18H,11-14H2,1-2H3,(H,26,29). The lowest BCUT2D eigenvalue weighted by molar-refractivity contribution is -0.115. The van der Waals surface area contributed by atoms with Gasteiger partial charge in [0.05, 0.1) is 29.1 Å². The molecule has 2 heterocycles. The van der Waals surface area contributed by atoms with Crippen molar-refractivity contribution in [1.29, 1.82) is 0 Å². The van der Waals surface area contributed by atoms with Gasteiger partial charge in [0.15, 0.2) is 5.16 Å². The van der Waals surface area contributed by atoms with E-state index in [2.05, 4.69) is 15.3 Å². The van der Waals surface area contributed by atoms with E-state index < -0.39 is 15.3 Å². The van der Waals surface area contributed by atoms with Crippen LogP contribution < -0.4 is 5.32 Å². The molecule has 4 rings (SSSR count). The van der Waals surface area contributed by atoms with Gasteiger partial charge in [-0.15, -0.1) is 0 Å². The number of carbonyl (C=O) groups is 1. The lowest BCUT2D eigenvalue weighted by atomic mass is 10.1. The molecule has 178 valence electrons. The highest BCUT2D eigenvalue weighted by molar-refractivity contribution is 8.00. The Hall–Kier alpha value is -2.79. The molecule has 1 fully saturated rings. The second kappa shape index (κ2) is 10.6. The molecule has 0 bridgehead atoms. The van der Waals surface area contributed by atoms with Gasteiger partial charge in [-0.3, -0.25) is 4.79 Å². The number of aryl methyl sites for hydroxylation is 1. The highest BCUT2D eigenvalue weighted by Gasteiger charge is 2.26. The monoisotopic (exact) mass is 498 g/mol. The topological polar surface area (TPSA) is 101 Å². The molecular weight excluding hydrogens is 472 g/mol. The van der Waals surface area contributed by atoms with Gasteiger partial charge in [-0.1, -0.05) is 48.2 Å². The Bertz CT molecular complexity index is 1260. The van der Waals surface area contributed by atoms with E-state index in [4.69, 9.17) is 4.74 Å². The number of hydrogen-bond donors (Lipinski definition) is 1. The highest BCUT2D eigenvalue weighted by atomic mass is 32.2. The molecule has 8 nitrogen and oxygen atoms in total. The van der Waals surface area contributed by atoms with Crippen molar-refractivity contribution in [3.8, 4) is 11.3 Å². The van der Waals surface area contributed by atoms with Gasteiger partial charge in [0, 0.05) is 30.0 Å².